The van der Waals surface area contributed by atoms with Crippen LogP contribution in [0, 0.1) is 16.7 Å². The van der Waals surface area contributed by atoms with E-state index in [-0.39, 0.29) is 53.1 Å². The molecule has 1 unspecified atom stereocenters. The normalized spacial score (nSPS) is 21.1. The summed E-state index contributed by atoms with van der Waals surface area (Å²) < 4.78 is 48.5. The maximum absolute atomic E-state index is 14.1. The van der Waals surface area contributed by atoms with Gasteiger partial charge in [-0.15, -0.1) is 0 Å². The maximum Gasteiger partial charge on any atom is 0.418 e. The molecule has 1 saturated carbocycles. The van der Waals surface area contributed by atoms with Crippen molar-refractivity contribution in [1.82, 2.24) is 19.8 Å². The summed E-state index contributed by atoms with van der Waals surface area (Å²) >= 11 is 6.41. The average molecular weight is 632 g/mol. The number of para-hydroxylation sites is 1. The monoisotopic (exact) mass is 631 g/mol. The van der Waals surface area contributed by atoms with Gasteiger partial charge in [0.25, 0.3) is 0 Å². The number of nitriles is 1. The first-order valence-corrected chi connectivity index (χ1v) is 15.1. The van der Waals surface area contributed by atoms with Gasteiger partial charge in [-0.1, -0.05) is 24.2 Å². The Labute approximate surface area is 260 Å². The Kier molecular flexibility index (Phi) is 9.01. The third-order valence-electron chi connectivity index (χ3n) is 8.66. The van der Waals surface area contributed by atoms with Crippen LogP contribution in [0.3, 0.4) is 0 Å². The third-order valence-corrected chi connectivity index (χ3v) is 8.97. The molecule has 3 heterocycles. The molecule has 1 aromatic heterocycles. The quantitative estimate of drug-likeness (QED) is 0.360. The minimum atomic E-state index is -4.59. The zero-order chi connectivity index (χ0) is 31.8. The van der Waals surface area contributed by atoms with Crippen LogP contribution in [0.5, 0.6) is 6.01 Å². The Morgan fingerprint density at radius 1 is 1.30 bits per heavy atom. The fourth-order valence-electron chi connectivity index (χ4n) is 6.37. The summed E-state index contributed by atoms with van der Waals surface area (Å²) in [6.45, 7) is 8.00. The maximum atomic E-state index is 14.1. The topological polar surface area (TPSA) is 88.8 Å². The molecule has 1 aliphatic carbocycles. The van der Waals surface area contributed by atoms with Crippen LogP contribution >= 0.6 is 11.6 Å². The molecule has 13 heteroatoms. The van der Waals surface area contributed by atoms with Gasteiger partial charge in [-0.2, -0.15) is 28.4 Å². The highest BCUT2D eigenvalue weighted by Gasteiger charge is 2.44. The second kappa shape index (κ2) is 12.4. The van der Waals surface area contributed by atoms with E-state index in [1.807, 2.05) is 25.9 Å². The van der Waals surface area contributed by atoms with Crippen molar-refractivity contribution in [2.45, 2.75) is 57.4 Å². The molecule has 9 nitrogen and oxygen atoms in total. The van der Waals surface area contributed by atoms with Crippen LogP contribution in [0.25, 0.3) is 0 Å². The number of ether oxygens (including phenoxy) is 1. The van der Waals surface area contributed by atoms with Gasteiger partial charge in [0.15, 0.2) is 0 Å². The number of fused-ring (bicyclic) bond motifs is 1. The van der Waals surface area contributed by atoms with E-state index in [1.54, 1.807) is 9.80 Å². The number of halogens is 4. The van der Waals surface area contributed by atoms with Crippen molar-refractivity contribution in [3.05, 3.63) is 52.7 Å². The molecule has 2 fully saturated rings. The number of benzene rings is 1. The van der Waals surface area contributed by atoms with E-state index >= 15 is 0 Å². The van der Waals surface area contributed by atoms with Crippen molar-refractivity contribution < 1.29 is 22.7 Å². The molecule has 3 aliphatic rings. The van der Waals surface area contributed by atoms with Crippen molar-refractivity contribution in [3.8, 4) is 12.1 Å². The summed E-state index contributed by atoms with van der Waals surface area (Å²) in [5.41, 5.74) is 0.520. The zero-order valence-electron chi connectivity index (χ0n) is 25.2. The lowest BCUT2D eigenvalue weighted by molar-refractivity contribution is -0.137. The number of rotatable bonds is 9. The first-order valence-electron chi connectivity index (χ1n) is 14.7. The van der Waals surface area contributed by atoms with E-state index in [4.69, 9.17) is 26.3 Å². The van der Waals surface area contributed by atoms with Gasteiger partial charge >= 0.3 is 12.2 Å². The number of nitrogens with zero attached hydrogens (tertiary/aromatic N) is 7. The second-order valence-corrected chi connectivity index (χ2v) is 12.7. The Morgan fingerprint density at radius 2 is 2.05 bits per heavy atom. The highest BCUT2D eigenvalue weighted by Crippen LogP contribution is 2.47. The van der Waals surface area contributed by atoms with Crippen molar-refractivity contribution in [2.24, 2.45) is 5.41 Å². The minimum absolute atomic E-state index is 0.0111. The van der Waals surface area contributed by atoms with E-state index in [1.165, 1.54) is 18.2 Å². The Bertz CT molecular complexity index is 1460. The number of hydrogen-bond acceptors (Lipinski definition) is 8. The van der Waals surface area contributed by atoms with Crippen molar-refractivity contribution >= 4 is 29.0 Å². The summed E-state index contributed by atoms with van der Waals surface area (Å²) in [7, 11) is 4.03. The molecule has 0 bridgehead atoms. The van der Waals surface area contributed by atoms with Crippen LogP contribution in [-0.4, -0.2) is 84.6 Å². The fourth-order valence-corrected chi connectivity index (χ4v) is 6.65. The standard InChI is InChI=1S/C31H37ClF3N7O2/c1-5-26(43)41-14-13-40(16-21(41)9-12-36)28-22-15-20(2)42(27-23(31(33,34)35)7-6-8-24(27)32)17-25(22)37-29(38-28)44-19-30(10-11-30)18-39(3)4/h5-8,20-21H,1,9-11,13-19H2,2-4H3/t20-,21?/m1/s1. The first kappa shape index (κ1) is 31.9. The van der Waals surface area contributed by atoms with Crippen LogP contribution in [0.2, 0.25) is 5.02 Å². The molecule has 0 spiro atoms. The molecular formula is C31H37ClF3N7O2. The van der Waals surface area contributed by atoms with Gasteiger partial charge in [-0.3, -0.25) is 4.79 Å². The lowest BCUT2D eigenvalue weighted by atomic mass is 9.96. The molecule has 1 amide bonds. The molecule has 2 aromatic rings. The first-order chi connectivity index (χ1) is 20.9. The lowest BCUT2D eigenvalue weighted by Gasteiger charge is -2.43. The van der Waals surface area contributed by atoms with Gasteiger partial charge in [-0.25, -0.2) is 0 Å². The zero-order valence-corrected chi connectivity index (χ0v) is 26.0. The molecule has 2 aliphatic heterocycles. The van der Waals surface area contributed by atoms with E-state index in [2.05, 4.69) is 17.5 Å². The van der Waals surface area contributed by atoms with Gasteiger partial charge in [0.05, 0.1) is 53.7 Å². The summed E-state index contributed by atoms with van der Waals surface area (Å²) in [6.07, 6.45) is -0.787. The molecule has 236 valence electrons. The largest absolute Gasteiger partial charge is 0.463 e. The van der Waals surface area contributed by atoms with E-state index in [9.17, 15) is 23.2 Å². The van der Waals surface area contributed by atoms with Gasteiger partial charge < -0.3 is 24.3 Å². The highest BCUT2D eigenvalue weighted by atomic mass is 35.5. The number of piperazine rings is 1. The SMILES string of the molecule is C=CC(=O)N1CCN(c2nc(OCC3(CN(C)C)CC3)nc3c2C[C@@H](C)N(c2c(Cl)cccc2C(F)(F)F)C3)CC1CC#N. The molecule has 1 aromatic carbocycles. The molecule has 0 N–H and O–H groups in total. The van der Waals surface area contributed by atoms with Gasteiger partial charge in [0.1, 0.15) is 5.82 Å². The van der Waals surface area contributed by atoms with E-state index in [0.717, 1.165) is 31.0 Å². The van der Waals surface area contributed by atoms with Gasteiger partial charge in [-0.05, 0) is 58.5 Å². The Hall–Kier alpha value is -3.56. The summed E-state index contributed by atoms with van der Waals surface area (Å²) in [4.78, 5) is 29.6. The van der Waals surface area contributed by atoms with E-state index < -0.39 is 11.7 Å². The molecule has 5 rings (SSSR count). The van der Waals surface area contributed by atoms with Crippen LogP contribution in [0.15, 0.2) is 30.9 Å². The molecule has 44 heavy (non-hydrogen) atoms. The van der Waals surface area contributed by atoms with Gasteiger partial charge in [0.2, 0.25) is 5.91 Å². The van der Waals surface area contributed by atoms with Crippen LogP contribution in [0.4, 0.5) is 24.7 Å². The van der Waals surface area contributed by atoms with Crippen molar-refractivity contribution in [3.63, 3.8) is 0 Å². The predicted octanol–water partition coefficient (Wildman–Crippen LogP) is 4.94. The van der Waals surface area contributed by atoms with Crippen molar-refractivity contribution in [2.75, 3.05) is 56.7 Å². The van der Waals surface area contributed by atoms with Crippen molar-refractivity contribution in [1.29, 1.82) is 5.26 Å². The predicted molar refractivity (Wildman–Crippen MR) is 162 cm³/mol. The molecule has 1 saturated heterocycles. The Balaban J connectivity index is 1.53. The Morgan fingerprint density at radius 3 is 2.68 bits per heavy atom. The smallest absolute Gasteiger partial charge is 0.418 e. The van der Waals surface area contributed by atoms with E-state index in [0.29, 0.717) is 44.2 Å². The second-order valence-electron chi connectivity index (χ2n) is 12.3. The van der Waals surface area contributed by atoms with Crippen LogP contribution < -0.4 is 14.5 Å². The van der Waals surface area contributed by atoms with Crippen LogP contribution in [0.1, 0.15) is 43.0 Å². The fraction of sp³-hybridized carbons (Fsp3) is 0.548. The summed E-state index contributed by atoms with van der Waals surface area (Å²) in [6, 6.07) is 5.42. The number of amides is 1. The number of hydrogen-bond donors (Lipinski definition) is 0. The third kappa shape index (κ3) is 6.59. The number of alkyl halides is 3. The van der Waals surface area contributed by atoms with Crippen LogP contribution in [-0.2, 0) is 23.9 Å². The lowest BCUT2D eigenvalue weighted by Crippen LogP contribution is -2.55. The molecule has 0 radical (unpaired) electrons. The number of carbonyl (C=O) groups excluding carboxylic acids is 1. The highest BCUT2D eigenvalue weighted by molar-refractivity contribution is 6.33. The number of aromatic nitrogens is 2. The number of anilines is 2. The summed E-state index contributed by atoms with van der Waals surface area (Å²) in [5.74, 6) is 0.386. The minimum Gasteiger partial charge on any atom is -0.463 e. The average Bonchev–Trinajstić information content (AvgIpc) is 3.73. The summed E-state index contributed by atoms with van der Waals surface area (Å²) in [5, 5.41) is 9.51. The number of carbonyl (C=O) groups is 1. The molecular weight excluding hydrogens is 595 g/mol. The molecule has 2 atom stereocenters. The van der Waals surface area contributed by atoms with Gasteiger partial charge in [0, 0.05) is 43.2 Å².